The van der Waals surface area contributed by atoms with E-state index in [1.54, 1.807) is 19.5 Å². The molecule has 1 aliphatic carbocycles. The number of methoxy groups -OCH3 is 1. The highest BCUT2D eigenvalue weighted by Gasteiger charge is 2.36. The van der Waals surface area contributed by atoms with Crippen molar-refractivity contribution in [1.82, 2.24) is 4.98 Å². The zero-order chi connectivity index (χ0) is 20.5. The highest BCUT2D eigenvalue weighted by Crippen LogP contribution is 2.44. The SMILES string of the molecule is COc1cccc([C@@H]2CC(=O)C3=C(C2)Nc2ccccc2N[C@@H]3c2ccncc2)c1. The van der Waals surface area contributed by atoms with Crippen molar-refractivity contribution in [2.24, 2.45) is 0 Å². The van der Waals surface area contributed by atoms with Gasteiger partial charge in [-0.2, -0.15) is 0 Å². The maximum atomic E-state index is 13.5. The Morgan fingerprint density at radius 2 is 1.73 bits per heavy atom. The van der Waals surface area contributed by atoms with Crippen LogP contribution in [0.15, 0.2) is 84.3 Å². The molecule has 0 spiro atoms. The summed E-state index contributed by atoms with van der Waals surface area (Å²) in [6.45, 7) is 0. The van der Waals surface area contributed by atoms with Gasteiger partial charge in [-0.3, -0.25) is 9.78 Å². The van der Waals surface area contributed by atoms with Crippen molar-refractivity contribution in [3.63, 3.8) is 0 Å². The summed E-state index contributed by atoms with van der Waals surface area (Å²) in [5, 5.41) is 7.16. The maximum Gasteiger partial charge on any atom is 0.163 e. The number of anilines is 2. The summed E-state index contributed by atoms with van der Waals surface area (Å²) in [4.78, 5) is 17.6. The van der Waals surface area contributed by atoms with E-state index in [1.165, 1.54) is 0 Å². The molecule has 0 amide bonds. The lowest BCUT2D eigenvalue weighted by atomic mass is 9.78. The quantitative estimate of drug-likeness (QED) is 0.646. The van der Waals surface area contributed by atoms with E-state index in [-0.39, 0.29) is 17.7 Å². The fourth-order valence-electron chi connectivity index (χ4n) is 4.43. The van der Waals surface area contributed by atoms with Crippen molar-refractivity contribution in [3.8, 4) is 5.75 Å². The molecule has 2 atom stereocenters. The Kier molecular flexibility index (Phi) is 4.71. The number of ketones is 1. The predicted molar refractivity (Wildman–Crippen MR) is 118 cm³/mol. The van der Waals surface area contributed by atoms with Crippen LogP contribution in [0, 0.1) is 0 Å². The maximum absolute atomic E-state index is 13.5. The Balaban J connectivity index is 1.59. The second kappa shape index (κ2) is 7.67. The average molecular weight is 397 g/mol. The summed E-state index contributed by atoms with van der Waals surface area (Å²) in [5.41, 5.74) is 5.93. The second-order valence-corrected chi connectivity index (χ2v) is 7.73. The van der Waals surface area contributed by atoms with E-state index in [2.05, 4.69) is 21.7 Å². The number of benzene rings is 2. The summed E-state index contributed by atoms with van der Waals surface area (Å²) < 4.78 is 5.39. The van der Waals surface area contributed by atoms with Crippen LogP contribution in [-0.4, -0.2) is 17.9 Å². The molecule has 0 radical (unpaired) electrons. The van der Waals surface area contributed by atoms with Crippen LogP contribution in [0.25, 0.3) is 0 Å². The minimum atomic E-state index is -0.210. The van der Waals surface area contributed by atoms with E-state index in [4.69, 9.17) is 4.74 Å². The fraction of sp³-hybridized carbons (Fsp3) is 0.200. The first-order chi connectivity index (χ1) is 14.7. The first-order valence-electron chi connectivity index (χ1n) is 10.2. The van der Waals surface area contributed by atoms with E-state index in [0.717, 1.165) is 45.9 Å². The predicted octanol–water partition coefficient (Wildman–Crippen LogP) is 5.07. The Bertz CT molecular complexity index is 1120. The fourth-order valence-corrected chi connectivity index (χ4v) is 4.43. The number of fused-ring (bicyclic) bond motifs is 1. The smallest absolute Gasteiger partial charge is 0.163 e. The minimum absolute atomic E-state index is 0.113. The van der Waals surface area contributed by atoms with Gasteiger partial charge in [-0.1, -0.05) is 24.3 Å². The number of pyridine rings is 1. The van der Waals surface area contributed by atoms with Crippen LogP contribution in [-0.2, 0) is 4.79 Å². The molecule has 2 heterocycles. The third-order valence-corrected chi connectivity index (χ3v) is 5.91. The molecule has 150 valence electrons. The first kappa shape index (κ1) is 18.4. The number of para-hydroxylation sites is 2. The zero-order valence-corrected chi connectivity index (χ0v) is 16.8. The summed E-state index contributed by atoms with van der Waals surface area (Å²) in [5.74, 6) is 1.09. The molecule has 0 bridgehead atoms. The first-order valence-corrected chi connectivity index (χ1v) is 10.2. The highest BCUT2D eigenvalue weighted by molar-refractivity contribution is 6.01. The lowest BCUT2D eigenvalue weighted by Gasteiger charge is -2.30. The van der Waals surface area contributed by atoms with Gasteiger partial charge in [0, 0.05) is 30.1 Å². The topological polar surface area (TPSA) is 63.2 Å². The van der Waals surface area contributed by atoms with Crippen LogP contribution in [0.2, 0.25) is 0 Å². The molecule has 5 nitrogen and oxygen atoms in total. The van der Waals surface area contributed by atoms with Gasteiger partial charge in [-0.15, -0.1) is 0 Å². The average Bonchev–Trinajstić information content (AvgIpc) is 2.96. The number of hydrogen-bond acceptors (Lipinski definition) is 5. The molecule has 1 aromatic heterocycles. The molecule has 30 heavy (non-hydrogen) atoms. The Hall–Kier alpha value is -3.60. The third-order valence-electron chi connectivity index (χ3n) is 5.91. The summed E-state index contributed by atoms with van der Waals surface area (Å²) in [6.07, 6.45) is 4.79. The van der Waals surface area contributed by atoms with Crippen LogP contribution in [0.4, 0.5) is 11.4 Å². The van der Waals surface area contributed by atoms with Gasteiger partial charge in [-0.25, -0.2) is 0 Å². The van der Waals surface area contributed by atoms with Gasteiger partial charge < -0.3 is 15.4 Å². The number of carbonyl (C=O) groups excluding carboxylic acids is 1. The van der Waals surface area contributed by atoms with Gasteiger partial charge in [0.2, 0.25) is 0 Å². The molecular weight excluding hydrogens is 374 g/mol. The largest absolute Gasteiger partial charge is 0.497 e. The van der Waals surface area contributed by atoms with E-state index < -0.39 is 0 Å². The monoisotopic (exact) mass is 397 g/mol. The number of ether oxygens (including phenoxy) is 1. The lowest BCUT2D eigenvalue weighted by molar-refractivity contribution is -0.116. The van der Waals surface area contributed by atoms with Crippen LogP contribution >= 0.6 is 0 Å². The number of nitrogens with zero attached hydrogens (tertiary/aromatic N) is 1. The zero-order valence-electron chi connectivity index (χ0n) is 16.8. The second-order valence-electron chi connectivity index (χ2n) is 7.73. The molecule has 1 aliphatic heterocycles. The van der Waals surface area contributed by atoms with Crippen LogP contribution in [0.3, 0.4) is 0 Å². The van der Waals surface area contributed by atoms with E-state index in [0.29, 0.717) is 6.42 Å². The number of aromatic nitrogens is 1. The third kappa shape index (κ3) is 3.32. The standard InChI is InChI=1S/C25H23N3O2/c1-30-19-6-4-5-17(13-19)18-14-22-24(23(29)15-18)25(16-9-11-26-12-10-16)28-21-8-3-2-7-20(21)27-22/h2-13,18,25,27-28H,14-15H2,1H3/t18-,25+/m0/s1. The van der Waals surface area contributed by atoms with Crippen molar-refractivity contribution < 1.29 is 9.53 Å². The van der Waals surface area contributed by atoms with Crippen LogP contribution in [0.1, 0.15) is 35.9 Å². The number of Topliss-reactive ketones (excluding diaryl/α,β-unsaturated/α-hetero) is 1. The molecule has 0 fully saturated rings. The van der Waals surface area contributed by atoms with E-state index >= 15 is 0 Å². The van der Waals surface area contributed by atoms with Crippen molar-refractivity contribution in [2.45, 2.75) is 24.8 Å². The van der Waals surface area contributed by atoms with Gasteiger partial charge >= 0.3 is 0 Å². The number of hydrogen-bond donors (Lipinski definition) is 2. The molecule has 3 aromatic rings. The molecule has 2 aliphatic rings. The summed E-state index contributed by atoms with van der Waals surface area (Å²) >= 11 is 0. The van der Waals surface area contributed by atoms with Crippen LogP contribution < -0.4 is 15.4 Å². The molecule has 2 N–H and O–H groups in total. The summed E-state index contributed by atoms with van der Waals surface area (Å²) in [7, 11) is 1.67. The molecular formula is C25H23N3O2. The number of carbonyl (C=O) groups is 1. The van der Waals surface area contributed by atoms with Gasteiger partial charge in [0.25, 0.3) is 0 Å². The van der Waals surface area contributed by atoms with E-state index in [9.17, 15) is 4.79 Å². The Morgan fingerprint density at radius 1 is 0.933 bits per heavy atom. The number of nitrogens with one attached hydrogen (secondary N) is 2. The molecule has 0 saturated heterocycles. The van der Waals surface area contributed by atoms with Crippen LogP contribution in [0.5, 0.6) is 5.75 Å². The number of rotatable bonds is 3. The lowest BCUT2D eigenvalue weighted by Crippen LogP contribution is -2.26. The molecule has 0 unspecified atom stereocenters. The normalized spacial score (nSPS) is 20.4. The number of allylic oxidation sites excluding steroid dienone is 1. The Morgan fingerprint density at radius 3 is 2.53 bits per heavy atom. The Labute approximate surface area is 175 Å². The van der Waals surface area contributed by atoms with Crippen molar-refractivity contribution in [2.75, 3.05) is 17.7 Å². The van der Waals surface area contributed by atoms with Gasteiger partial charge in [0.05, 0.1) is 24.5 Å². The van der Waals surface area contributed by atoms with Crippen molar-refractivity contribution >= 4 is 17.2 Å². The molecule has 5 rings (SSSR count). The van der Waals surface area contributed by atoms with Crippen molar-refractivity contribution in [3.05, 3.63) is 95.5 Å². The van der Waals surface area contributed by atoms with Gasteiger partial charge in [-0.05, 0) is 59.9 Å². The highest BCUT2D eigenvalue weighted by atomic mass is 16.5. The molecule has 5 heteroatoms. The summed E-state index contributed by atoms with van der Waals surface area (Å²) in [6, 6.07) is 19.9. The molecule has 0 saturated carbocycles. The van der Waals surface area contributed by atoms with Gasteiger partial charge in [0.15, 0.2) is 5.78 Å². The van der Waals surface area contributed by atoms with E-state index in [1.807, 2.05) is 54.6 Å². The van der Waals surface area contributed by atoms with Crippen molar-refractivity contribution in [1.29, 1.82) is 0 Å². The minimum Gasteiger partial charge on any atom is -0.497 e. The van der Waals surface area contributed by atoms with Gasteiger partial charge in [0.1, 0.15) is 5.75 Å². The molecule has 2 aromatic carbocycles.